The fourth-order valence-corrected chi connectivity index (χ4v) is 3.18. The molecule has 7 heteroatoms. The van der Waals surface area contributed by atoms with Gasteiger partial charge in [0, 0.05) is 5.69 Å². The van der Waals surface area contributed by atoms with Crippen LogP contribution in [-0.2, 0) is 0 Å². The van der Waals surface area contributed by atoms with E-state index in [1.807, 2.05) is 73.7 Å². The molecule has 0 radical (unpaired) electrons. The van der Waals surface area contributed by atoms with E-state index in [1.54, 1.807) is 12.1 Å². The minimum absolute atomic E-state index is 0.159. The second-order valence-electron chi connectivity index (χ2n) is 6.65. The number of para-hydroxylation sites is 2. The summed E-state index contributed by atoms with van der Waals surface area (Å²) in [5.41, 5.74) is 5.96. The van der Waals surface area contributed by atoms with Crippen LogP contribution < -0.4 is 16.3 Å². The Morgan fingerprint density at radius 2 is 1.70 bits per heavy atom. The van der Waals surface area contributed by atoms with Gasteiger partial charge in [-0.3, -0.25) is 14.8 Å². The molecule has 0 atom stereocenters. The van der Waals surface area contributed by atoms with Gasteiger partial charge in [0.05, 0.1) is 22.8 Å². The molecule has 0 aliphatic heterocycles. The topological polar surface area (TPSA) is 71.3 Å². The molecule has 0 saturated heterocycles. The quantitative estimate of drug-likeness (QED) is 0.300. The molecule has 0 unspecified atom stereocenters. The van der Waals surface area contributed by atoms with Crippen LogP contribution >= 0.6 is 12.2 Å². The fraction of sp³-hybridized carbons (Fsp3) is 0.0435. The Morgan fingerprint density at radius 1 is 1.00 bits per heavy atom. The van der Waals surface area contributed by atoms with Gasteiger partial charge in [-0.25, -0.2) is 4.98 Å². The molecule has 30 heavy (non-hydrogen) atoms. The molecule has 4 aromatic rings. The number of fused-ring (bicyclic) bond motifs is 1. The number of hydrogen-bond acceptors (Lipinski definition) is 4. The number of nitrogens with one attached hydrogen (secondary N) is 2. The molecule has 1 aromatic heterocycles. The van der Waals surface area contributed by atoms with Gasteiger partial charge in [0.1, 0.15) is 0 Å². The third-order valence-corrected chi connectivity index (χ3v) is 4.66. The third-order valence-electron chi connectivity index (χ3n) is 4.47. The van der Waals surface area contributed by atoms with E-state index in [0.717, 1.165) is 5.69 Å². The number of rotatable bonds is 4. The van der Waals surface area contributed by atoms with Crippen molar-refractivity contribution in [1.29, 1.82) is 0 Å². The number of hydrazone groups is 1. The van der Waals surface area contributed by atoms with Crippen LogP contribution in [0.25, 0.3) is 16.6 Å². The van der Waals surface area contributed by atoms with Crippen molar-refractivity contribution < 1.29 is 0 Å². The van der Waals surface area contributed by atoms with Gasteiger partial charge >= 0.3 is 0 Å². The van der Waals surface area contributed by atoms with Crippen molar-refractivity contribution in [3.63, 3.8) is 0 Å². The van der Waals surface area contributed by atoms with E-state index >= 15 is 0 Å². The molecule has 0 aliphatic rings. The highest BCUT2D eigenvalue weighted by Crippen LogP contribution is 2.12. The zero-order chi connectivity index (χ0) is 20.9. The molecule has 3 aromatic carbocycles. The highest BCUT2D eigenvalue weighted by molar-refractivity contribution is 7.80. The van der Waals surface area contributed by atoms with Crippen molar-refractivity contribution in [2.75, 3.05) is 5.32 Å². The van der Waals surface area contributed by atoms with Crippen molar-refractivity contribution in [2.24, 2.45) is 5.10 Å². The first-order valence-corrected chi connectivity index (χ1v) is 9.76. The van der Waals surface area contributed by atoms with Crippen LogP contribution in [0.1, 0.15) is 11.4 Å². The van der Waals surface area contributed by atoms with Crippen molar-refractivity contribution in [3.05, 3.63) is 101 Å². The standard InChI is InChI=1S/C23H19N5OS/c1-16-11-13-17(14-12-16)25-23(30)27-24-15-21-26-20-10-6-5-9-19(20)22(29)28(21)18-7-3-2-4-8-18/h2-15H,1H3,(H2,25,27,30)/b24-15+. The van der Waals surface area contributed by atoms with Gasteiger partial charge in [0.2, 0.25) is 0 Å². The van der Waals surface area contributed by atoms with Gasteiger partial charge < -0.3 is 5.32 Å². The van der Waals surface area contributed by atoms with Gasteiger partial charge in [-0.2, -0.15) is 5.10 Å². The Kier molecular flexibility index (Phi) is 5.63. The van der Waals surface area contributed by atoms with Gasteiger partial charge in [0.15, 0.2) is 10.9 Å². The SMILES string of the molecule is Cc1ccc(NC(=S)N/N=C/c2nc3ccccc3c(=O)n2-c2ccccc2)cc1. The first-order valence-electron chi connectivity index (χ1n) is 9.36. The van der Waals surface area contributed by atoms with Crippen LogP contribution in [0.5, 0.6) is 0 Å². The van der Waals surface area contributed by atoms with Gasteiger partial charge in [-0.1, -0.05) is 48.0 Å². The van der Waals surface area contributed by atoms with E-state index < -0.39 is 0 Å². The van der Waals surface area contributed by atoms with Crippen molar-refractivity contribution in [1.82, 2.24) is 15.0 Å². The van der Waals surface area contributed by atoms with Gasteiger partial charge in [-0.05, 0) is 55.5 Å². The number of hydrogen-bond donors (Lipinski definition) is 2. The Hall–Kier alpha value is -3.84. The Bertz CT molecular complexity index is 1280. The average molecular weight is 414 g/mol. The largest absolute Gasteiger partial charge is 0.331 e. The van der Waals surface area contributed by atoms with E-state index in [4.69, 9.17) is 12.2 Å². The molecule has 0 fully saturated rings. The summed E-state index contributed by atoms with van der Waals surface area (Å²) in [5, 5.41) is 8.13. The van der Waals surface area contributed by atoms with Crippen LogP contribution in [0.4, 0.5) is 5.69 Å². The lowest BCUT2D eigenvalue weighted by Gasteiger charge is -2.11. The number of aryl methyl sites for hydroxylation is 1. The third kappa shape index (κ3) is 4.26. The maximum atomic E-state index is 13.1. The smallest absolute Gasteiger partial charge is 0.266 e. The molecule has 0 bridgehead atoms. The molecule has 0 saturated carbocycles. The highest BCUT2D eigenvalue weighted by Gasteiger charge is 2.11. The summed E-state index contributed by atoms with van der Waals surface area (Å²) >= 11 is 5.29. The highest BCUT2D eigenvalue weighted by atomic mass is 32.1. The molecule has 2 N–H and O–H groups in total. The minimum atomic E-state index is -0.159. The molecule has 4 rings (SSSR count). The summed E-state index contributed by atoms with van der Waals surface area (Å²) in [4.78, 5) is 17.7. The van der Waals surface area contributed by atoms with Crippen LogP contribution in [-0.4, -0.2) is 20.9 Å². The molecule has 0 aliphatic carbocycles. The maximum Gasteiger partial charge on any atom is 0.266 e. The summed E-state index contributed by atoms with van der Waals surface area (Å²) in [6.07, 6.45) is 1.49. The lowest BCUT2D eigenvalue weighted by atomic mass is 10.2. The Balaban J connectivity index is 1.63. The molecule has 6 nitrogen and oxygen atoms in total. The van der Waals surface area contributed by atoms with E-state index in [1.165, 1.54) is 16.3 Å². The number of aromatic nitrogens is 2. The molecule has 148 valence electrons. The van der Waals surface area contributed by atoms with Gasteiger partial charge in [0.25, 0.3) is 5.56 Å². The summed E-state index contributed by atoms with van der Waals surface area (Å²) in [7, 11) is 0. The maximum absolute atomic E-state index is 13.1. The zero-order valence-electron chi connectivity index (χ0n) is 16.2. The number of anilines is 1. The summed E-state index contributed by atoms with van der Waals surface area (Å²) in [5.74, 6) is 0.399. The van der Waals surface area contributed by atoms with Crippen molar-refractivity contribution >= 4 is 40.1 Å². The zero-order valence-corrected chi connectivity index (χ0v) is 17.1. The molecule has 1 heterocycles. The average Bonchev–Trinajstić information content (AvgIpc) is 2.76. The van der Waals surface area contributed by atoms with Gasteiger partial charge in [-0.15, -0.1) is 0 Å². The predicted molar refractivity (Wildman–Crippen MR) is 125 cm³/mol. The first-order chi connectivity index (χ1) is 14.6. The van der Waals surface area contributed by atoms with Crippen LogP contribution in [0.2, 0.25) is 0 Å². The first kappa shape index (κ1) is 19.5. The second-order valence-corrected chi connectivity index (χ2v) is 7.06. The molecular weight excluding hydrogens is 394 g/mol. The van der Waals surface area contributed by atoms with E-state index in [9.17, 15) is 4.79 Å². The van der Waals surface area contributed by atoms with Crippen LogP contribution in [0, 0.1) is 6.92 Å². The van der Waals surface area contributed by atoms with E-state index in [-0.39, 0.29) is 5.56 Å². The normalized spacial score (nSPS) is 11.0. The lowest BCUT2D eigenvalue weighted by Crippen LogP contribution is -2.26. The molecule has 0 amide bonds. The number of thiocarbonyl (C=S) groups is 1. The summed E-state index contributed by atoms with van der Waals surface area (Å²) in [6.45, 7) is 2.02. The van der Waals surface area contributed by atoms with E-state index in [0.29, 0.717) is 27.5 Å². The lowest BCUT2D eigenvalue weighted by molar-refractivity contribution is 0.940. The number of nitrogens with zero attached hydrogens (tertiary/aromatic N) is 3. The van der Waals surface area contributed by atoms with E-state index in [2.05, 4.69) is 20.8 Å². The van der Waals surface area contributed by atoms with Crippen molar-refractivity contribution in [2.45, 2.75) is 6.92 Å². The minimum Gasteiger partial charge on any atom is -0.331 e. The second kappa shape index (κ2) is 8.67. The Morgan fingerprint density at radius 3 is 2.47 bits per heavy atom. The summed E-state index contributed by atoms with van der Waals surface area (Å²) < 4.78 is 1.53. The summed E-state index contributed by atoms with van der Waals surface area (Å²) in [6, 6.07) is 24.4. The molecular formula is C23H19N5OS. The molecule has 0 spiro atoms. The Labute approximate surface area is 178 Å². The number of benzene rings is 3. The van der Waals surface area contributed by atoms with Crippen LogP contribution in [0.3, 0.4) is 0 Å². The predicted octanol–water partition coefficient (Wildman–Crippen LogP) is 4.01. The van der Waals surface area contributed by atoms with Crippen LogP contribution in [0.15, 0.2) is 88.8 Å². The van der Waals surface area contributed by atoms with Crippen molar-refractivity contribution in [3.8, 4) is 5.69 Å². The monoisotopic (exact) mass is 413 g/mol. The fourth-order valence-electron chi connectivity index (χ4n) is 3.01.